The number of hydrogen-bond donors (Lipinski definition) is 0. The second kappa shape index (κ2) is 4.65. The van der Waals surface area contributed by atoms with Crippen LogP contribution in [-0.2, 0) is 0 Å². The Morgan fingerprint density at radius 3 is 2.69 bits per heavy atom. The summed E-state index contributed by atoms with van der Waals surface area (Å²) in [6.45, 7) is 6.33. The molecule has 70 valence electrons. The van der Waals surface area contributed by atoms with Gasteiger partial charge in [0, 0.05) is 12.4 Å². The van der Waals surface area contributed by atoms with Crippen molar-refractivity contribution >= 4 is 5.70 Å². The van der Waals surface area contributed by atoms with Gasteiger partial charge in [0.05, 0.1) is 5.70 Å². The Kier molecular flexibility index (Phi) is 3.50. The van der Waals surface area contributed by atoms with Gasteiger partial charge in [-0.05, 0) is 25.0 Å². The lowest BCUT2D eigenvalue weighted by Crippen LogP contribution is -1.94. The lowest BCUT2D eigenvalue weighted by molar-refractivity contribution is 0.828. The van der Waals surface area contributed by atoms with Crippen LogP contribution in [0.15, 0.2) is 36.7 Å². The highest BCUT2D eigenvalue weighted by Gasteiger charge is 1.93. The summed E-state index contributed by atoms with van der Waals surface area (Å²) in [5.74, 6) is 0.575. The largest absolute Gasteiger partial charge is 0.241 e. The van der Waals surface area contributed by atoms with E-state index < -0.39 is 0 Å². The van der Waals surface area contributed by atoms with Crippen LogP contribution in [0.3, 0.4) is 0 Å². The second-order valence-corrected chi connectivity index (χ2v) is 3.27. The molecule has 0 atom stereocenters. The van der Waals surface area contributed by atoms with E-state index in [0.717, 1.165) is 5.70 Å². The number of aromatic nitrogens is 2. The Morgan fingerprint density at radius 2 is 2.23 bits per heavy atom. The fourth-order valence-electron chi connectivity index (χ4n) is 1.02. The first-order valence-electron chi connectivity index (χ1n) is 4.58. The van der Waals surface area contributed by atoms with E-state index in [9.17, 15) is 0 Å². The van der Waals surface area contributed by atoms with Crippen LogP contribution in [0.4, 0.5) is 0 Å². The normalized spacial score (nSPS) is 13.1. The molecule has 13 heavy (non-hydrogen) atoms. The monoisotopic (exact) mass is 176 g/mol. The third-order valence-electron chi connectivity index (χ3n) is 1.72. The molecule has 1 aromatic heterocycles. The van der Waals surface area contributed by atoms with Crippen molar-refractivity contribution in [3.05, 3.63) is 36.7 Å². The zero-order valence-corrected chi connectivity index (χ0v) is 8.44. The van der Waals surface area contributed by atoms with Gasteiger partial charge in [0.1, 0.15) is 0 Å². The van der Waals surface area contributed by atoms with Crippen molar-refractivity contribution in [3.8, 4) is 0 Å². The van der Waals surface area contributed by atoms with E-state index in [-0.39, 0.29) is 0 Å². The molecule has 0 unspecified atom stereocenters. The molecule has 0 N–H and O–H groups in total. The number of hydrogen-bond acceptors (Lipinski definition) is 1. The molecule has 0 fully saturated rings. The predicted molar refractivity (Wildman–Crippen MR) is 56.2 cm³/mol. The van der Waals surface area contributed by atoms with Crippen molar-refractivity contribution in [1.29, 1.82) is 0 Å². The molecule has 0 amide bonds. The summed E-state index contributed by atoms with van der Waals surface area (Å²) in [5.41, 5.74) is 1.11. The molecule has 1 heterocycles. The molecule has 0 saturated heterocycles. The molecule has 0 bridgehead atoms. The molecular formula is C11H16N2. The first-order chi connectivity index (χ1) is 6.24. The minimum absolute atomic E-state index is 0.575. The average molecular weight is 176 g/mol. The third-order valence-corrected chi connectivity index (χ3v) is 1.72. The van der Waals surface area contributed by atoms with Crippen LogP contribution in [0.5, 0.6) is 0 Å². The summed E-state index contributed by atoms with van der Waals surface area (Å²) in [6, 6.07) is 1.92. The predicted octanol–water partition coefficient (Wildman–Crippen LogP) is 2.96. The highest BCUT2D eigenvalue weighted by atomic mass is 15.3. The van der Waals surface area contributed by atoms with Gasteiger partial charge in [-0.15, -0.1) is 0 Å². The summed E-state index contributed by atoms with van der Waals surface area (Å²) in [7, 11) is 0. The maximum absolute atomic E-state index is 4.16. The molecule has 0 aliphatic carbocycles. The van der Waals surface area contributed by atoms with Crippen LogP contribution in [0.25, 0.3) is 5.70 Å². The molecule has 1 aromatic rings. The van der Waals surface area contributed by atoms with Crippen molar-refractivity contribution in [2.75, 3.05) is 0 Å². The Morgan fingerprint density at radius 1 is 1.46 bits per heavy atom. The fourth-order valence-corrected chi connectivity index (χ4v) is 1.02. The second-order valence-electron chi connectivity index (χ2n) is 3.27. The van der Waals surface area contributed by atoms with Crippen LogP contribution in [0, 0.1) is 5.92 Å². The Hall–Kier alpha value is -1.31. The summed E-state index contributed by atoms with van der Waals surface area (Å²) >= 11 is 0. The number of allylic oxidation sites excluding steroid dienone is 4. The van der Waals surface area contributed by atoms with Crippen LogP contribution in [0.1, 0.15) is 20.8 Å². The van der Waals surface area contributed by atoms with Gasteiger partial charge in [-0.3, -0.25) is 0 Å². The topological polar surface area (TPSA) is 17.8 Å². The van der Waals surface area contributed by atoms with Crippen LogP contribution < -0.4 is 0 Å². The van der Waals surface area contributed by atoms with Gasteiger partial charge >= 0.3 is 0 Å². The minimum Gasteiger partial charge on any atom is -0.241 e. The van der Waals surface area contributed by atoms with E-state index in [4.69, 9.17) is 0 Å². The Labute approximate surface area is 79.6 Å². The number of rotatable bonds is 3. The van der Waals surface area contributed by atoms with Gasteiger partial charge in [-0.25, -0.2) is 4.68 Å². The lowest BCUT2D eigenvalue weighted by Gasteiger charge is -2.01. The van der Waals surface area contributed by atoms with Gasteiger partial charge in [0.2, 0.25) is 0 Å². The van der Waals surface area contributed by atoms with Crippen molar-refractivity contribution in [2.45, 2.75) is 20.8 Å². The first-order valence-corrected chi connectivity index (χ1v) is 4.58. The van der Waals surface area contributed by atoms with Crippen molar-refractivity contribution in [3.63, 3.8) is 0 Å². The van der Waals surface area contributed by atoms with Crippen molar-refractivity contribution in [2.24, 2.45) is 5.92 Å². The van der Waals surface area contributed by atoms with Crippen molar-refractivity contribution < 1.29 is 0 Å². The molecule has 0 saturated carbocycles. The van der Waals surface area contributed by atoms with Crippen LogP contribution in [-0.4, -0.2) is 9.78 Å². The maximum atomic E-state index is 4.16. The van der Waals surface area contributed by atoms with E-state index in [1.165, 1.54) is 0 Å². The minimum atomic E-state index is 0.575. The standard InChI is InChI=1S/C11H16N2/c1-4-11(7-6-10(2)3)13-9-5-8-12-13/h4-10H,1-3H3/b7-6-,11-4+. The summed E-state index contributed by atoms with van der Waals surface area (Å²) in [5, 5.41) is 4.16. The van der Waals surface area contributed by atoms with Gasteiger partial charge in [-0.2, -0.15) is 5.10 Å². The maximum Gasteiger partial charge on any atom is 0.0599 e. The molecule has 0 aliphatic heterocycles. The van der Waals surface area contributed by atoms with Crippen LogP contribution in [0.2, 0.25) is 0 Å². The fraction of sp³-hybridized carbons (Fsp3) is 0.364. The number of nitrogens with zero attached hydrogens (tertiary/aromatic N) is 2. The molecule has 0 radical (unpaired) electrons. The van der Waals surface area contributed by atoms with Gasteiger partial charge in [0.15, 0.2) is 0 Å². The zero-order valence-electron chi connectivity index (χ0n) is 8.44. The highest BCUT2D eigenvalue weighted by Crippen LogP contribution is 2.06. The molecule has 2 nitrogen and oxygen atoms in total. The van der Waals surface area contributed by atoms with E-state index in [2.05, 4.69) is 31.1 Å². The SMILES string of the molecule is C/C=C(\C=C/C(C)C)n1cccn1. The smallest absolute Gasteiger partial charge is 0.0599 e. The molecule has 0 aromatic carbocycles. The van der Waals surface area contributed by atoms with E-state index >= 15 is 0 Å². The molecule has 1 rings (SSSR count). The van der Waals surface area contributed by atoms with Gasteiger partial charge < -0.3 is 0 Å². The molecular weight excluding hydrogens is 160 g/mol. The van der Waals surface area contributed by atoms with E-state index in [1.54, 1.807) is 6.20 Å². The summed E-state index contributed by atoms with van der Waals surface area (Å²) in [6.07, 6.45) is 10.0. The van der Waals surface area contributed by atoms with E-state index in [0.29, 0.717) is 5.92 Å². The zero-order chi connectivity index (χ0) is 9.68. The van der Waals surface area contributed by atoms with E-state index in [1.807, 2.05) is 29.9 Å². The highest BCUT2D eigenvalue weighted by molar-refractivity contribution is 5.55. The van der Waals surface area contributed by atoms with Gasteiger partial charge in [0.25, 0.3) is 0 Å². The summed E-state index contributed by atoms with van der Waals surface area (Å²) < 4.78 is 1.86. The van der Waals surface area contributed by atoms with Gasteiger partial charge in [-0.1, -0.05) is 26.0 Å². The lowest BCUT2D eigenvalue weighted by atomic mass is 10.2. The van der Waals surface area contributed by atoms with Crippen LogP contribution >= 0.6 is 0 Å². The quantitative estimate of drug-likeness (QED) is 0.647. The molecule has 0 aliphatic rings. The Balaban J connectivity index is 2.77. The third kappa shape index (κ3) is 2.90. The average Bonchev–Trinajstić information content (AvgIpc) is 2.58. The summed E-state index contributed by atoms with van der Waals surface area (Å²) in [4.78, 5) is 0. The first kappa shape index (κ1) is 9.78. The molecule has 2 heteroatoms. The molecule has 0 spiro atoms. The Bertz CT molecular complexity index is 292. The van der Waals surface area contributed by atoms with Crippen molar-refractivity contribution in [1.82, 2.24) is 9.78 Å².